The fourth-order valence-corrected chi connectivity index (χ4v) is 8.22. The first-order valence-electron chi connectivity index (χ1n) is 11.4. The van der Waals surface area contributed by atoms with Gasteiger partial charge in [-0.3, -0.25) is 4.98 Å². The molecular weight excluding hydrogens is 346 g/mol. The highest BCUT2D eigenvalue weighted by molar-refractivity contribution is 5.72. The molecule has 0 amide bonds. The lowest BCUT2D eigenvalue weighted by atomic mass is 9.42. The van der Waals surface area contributed by atoms with Gasteiger partial charge in [-0.2, -0.15) is 0 Å². The maximum absolute atomic E-state index is 10.3. The van der Waals surface area contributed by atoms with Crippen LogP contribution < -0.4 is 0 Å². The third kappa shape index (κ3) is 2.58. The smallest absolute Gasteiger partial charge is 0.0543 e. The van der Waals surface area contributed by atoms with Gasteiger partial charge in [0.1, 0.15) is 0 Å². The largest absolute Gasteiger partial charge is 0.396 e. The van der Waals surface area contributed by atoms with E-state index in [2.05, 4.69) is 37.0 Å². The van der Waals surface area contributed by atoms with Crippen LogP contribution in [0.15, 0.2) is 30.6 Å². The molecule has 0 unspecified atom stereocenters. The van der Waals surface area contributed by atoms with E-state index in [-0.39, 0.29) is 23.5 Å². The highest BCUT2D eigenvalue weighted by Crippen LogP contribution is 2.68. The standard InChI is InChI=1S/C25H35NO2/c1-24-10-8-22-19(21(24)6-5-20(24)16-4-3-11-26-14-16)12-17(15-27)23-13-18(28)7-9-25(22,23)2/h3-5,11,14,17-19,21-23,27-28H,6-10,12-13,15H2,1-2H3/t17-,18-,19-,21-,22-,23+,24+,25+/m0/s1. The number of aliphatic hydroxyl groups is 2. The van der Waals surface area contributed by atoms with E-state index in [9.17, 15) is 10.2 Å². The van der Waals surface area contributed by atoms with Gasteiger partial charge in [0.25, 0.3) is 0 Å². The fourth-order valence-electron chi connectivity index (χ4n) is 8.22. The van der Waals surface area contributed by atoms with Gasteiger partial charge < -0.3 is 10.2 Å². The first-order valence-corrected chi connectivity index (χ1v) is 11.4. The van der Waals surface area contributed by atoms with E-state index in [4.69, 9.17) is 0 Å². The molecule has 152 valence electrons. The number of rotatable bonds is 2. The van der Waals surface area contributed by atoms with Crippen molar-refractivity contribution in [3.05, 3.63) is 36.2 Å². The summed E-state index contributed by atoms with van der Waals surface area (Å²) < 4.78 is 0. The molecule has 2 N–H and O–H groups in total. The first-order chi connectivity index (χ1) is 13.5. The molecule has 0 aliphatic heterocycles. The van der Waals surface area contributed by atoms with Gasteiger partial charge in [0.15, 0.2) is 0 Å². The van der Waals surface area contributed by atoms with E-state index in [1.54, 1.807) is 0 Å². The second-order valence-corrected chi connectivity index (χ2v) is 10.6. The molecule has 4 aliphatic carbocycles. The SMILES string of the molecule is C[C@]12CC[C@H](O)C[C@@H]1[C@H](CO)C[C@@H]1[C@@H]2CC[C@]2(C)C(c3cccnc3)=CC[C@@H]12. The Labute approximate surface area is 169 Å². The molecule has 3 heteroatoms. The Morgan fingerprint density at radius 1 is 1.11 bits per heavy atom. The van der Waals surface area contributed by atoms with Gasteiger partial charge in [0, 0.05) is 19.0 Å². The van der Waals surface area contributed by atoms with Gasteiger partial charge in [0.05, 0.1) is 6.10 Å². The van der Waals surface area contributed by atoms with Crippen LogP contribution in [-0.2, 0) is 0 Å². The number of allylic oxidation sites excluding steroid dienone is 2. The van der Waals surface area contributed by atoms with Crippen molar-refractivity contribution in [2.45, 2.75) is 64.9 Å². The molecule has 1 heterocycles. The molecule has 3 fully saturated rings. The number of nitrogens with zero attached hydrogens (tertiary/aromatic N) is 1. The Bertz CT molecular complexity index is 761. The van der Waals surface area contributed by atoms with Crippen LogP contribution in [0.3, 0.4) is 0 Å². The highest BCUT2D eigenvalue weighted by atomic mass is 16.3. The predicted molar refractivity (Wildman–Crippen MR) is 111 cm³/mol. The van der Waals surface area contributed by atoms with Crippen molar-refractivity contribution in [3.8, 4) is 0 Å². The Kier molecular flexibility index (Phi) is 4.48. The summed E-state index contributed by atoms with van der Waals surface area (Å²) in [4.78, 5) is 4.38. The molecule has 1 aromatic heterocycles. The maximum Gasteiger partial charge on any atom is 0.0543 e. The first kappa shape index (κ1) is 18.8. The Morgan fingerprint density at radius 3 is 2.71 bits per heavy atom. The van der Waals surface area contributed by atoms with Crippen molar-refractivity contribution in [2.24, 2.45) is 40.4 Å². The number of hydrogen-bond acceptors (Lipinski definition) is 3. The van der Waals surface area contributed by atoms with Gasteiger partial charge in [-0.25, -0.2) is 0 Å². The van der Waals surface area contributed by atoms with E-state index in [0.29, 0.717) is 23.7 Å². The molecule has 8 atom stereocenters. The second-order valence-electron chi connectivity index (χ2n) is 10.6. The highest BCUT2D eigenvalue weighted by Gasteiger charge is 2.60. The van der Waals surface area contributed by atoms with Crippen LogP contribution in [0.1, 0.15) is 64.4 Å². The molecule has 5 rings (SSSR count). The summed E-state index contributed by atoms with van der Waals surface area (Å²) in [5, 5.41) is 20.6. The molecule has 0 spiro atoms. The predicted octanol–water partition coefficient (Wildman–Crippen LogP) is 4.70. The van der Waals surface area contributed by atoms with Crippen molar-refractivity contribution in [1.29, 1.82) is 0 Å². The second kappa shape index (κ2) is 6.67. The third-order valence-corrected chi connectivity index (χ3v) is 9.61. The summed E-state index contributed by atoms with van der Waals surface area (Å²) in [5.74, 6) is 2.95. The van der Waals surface area contributed by atoms with Crippen molar-refractivity contribution < 1.29 is 10.2 Å². The quantitative estimate of drug-likeness (QED) is 0.781. The minimum atomic E-state index is -0.164. The average Bonchev–Trinajstić information content (AvgIpc) is 3.06. The lowest BCUT2D eigenvalue weighted by Gasteiger charge is -2.62. The van der Waals surface area contributed by atoms with Crippen LogP contribution in [0, 0.1) is 40.4 Å². The number of pyridine rings is 1. The molecule has 3 nitrogen and oxygen atoms in total. The summed E-state index contributed by atoms with van der Waals surface area (Å²) in [6.45, 7) is 5.27. The van der Waals surface area contributed by atoms with Crippen molar-refractivity contribution in [2.75, 3.05) is 6.61 Å². The summed E-state index contributed by atoms with van der Waals surface area (Å²) in [5.41, 5.74) is 3.33. The zero-order valence-electron chi connectivity index (χ0n) is 17.3. The number of aromatic nitrogens is 1. The fraction of sp³-hybridized carbons (Fsp3) is 0.720. The number of fused-ring (bicyclic) bond motifs is 5. The number of aliphatic hydroxyl groups excluding tert-OH is 2. The summed E-state index contributed by atoms with van der Waals surface area (Å²) in [6, 6.07) is 4.27. The Balaban J connectivity index is 1.48. The van der Waals surface area contributed by atoms with Gasteiger partial charge in [-0.05, 0) is 103 Å². The van der Waals surface area contributed by atoms with Crippen molar-refractivity contribution in [1.82, 2.24) is 4.98 Å². The molecule has 4 aliphatic rings. The summed E-state index contributed by atoms with van der Waals surface area (Å²) >= 11 is 0. The normalized spacial score (nSPS) is 47.6. The molecule has 1 aromatic rings. The minimum absolute atomic E-state index is 0.164. The summed E-state index contributed by atoms with van der Waals surface area (Å²) in [7, 11) is 0. The minimum Gasteiger partial charge on any atom is -0.396 e. The van der Waals surface area contributed by atoms with Crippen LogP contribution in [0.5, 0.6) is 0 Å². The van der Waals surface area contributed by atoms with Gasteiger partial charge >= 0.3 is 0 Å². The van der Waals surface area contributed by atoms with Crippen molar-refractivity contribution in [3.63, 3.8) is 0 Å². The van der Waals surface area contributed by atoms with E-state index in [0.717, 1.165) is 31.6 Å². The van der Waals surface area contributed by atoms with Crippen LogP contribution >= 0.6 is 0 Å². The molecule has 0 aromatic carbocycles. The molecule has 28 heavy (non-hydrogen) atoms. The van der Waals surface area contributed by atoms with Gasteiger partial charge in [-0.1, -0.05) is 26.0 Å². The van der Waals surface area contributed by atoms with Crippen molar-refractivity contribution >= 4 is 5.57 Å². The third-order valence-electron chi connectivity index (χ3n) is 9.61. The Morgan fingerprint density at radius 2 is 1.96 bits per heavy atom. The monoisotopic (exact) mass is 381 g/mol. The molecule has 3 saturated carbocycles. The van der Waals surface area contributed by atoms with Gasteiger partial charge in [0.2, 0.25) is 0 Å². The van der Waals surface area contributed by atoms with Crippen LogP contribution in [0.25, 0.3) is 5.57 Å². The van der Waals surface area contributed by atoms with E-state index in [1.165, 1.54) is 30.4 Å². The topological polar surface area (TPSA) is 53.4 Å². The van der Waals surface area contributed by atoms with E-state index < -0.39 is 0 Å². The molecule has 0 saturated heterocycles. The van der Waals surface area contributed by atoms with Crippen LogP contribution in [-0.4, -0.2) is 27.9 Å². The number of hydrogen-bond donors (Lipinski definition) is 2. The Hall–Kier alpha value is -1.19. The lowest BCUT2D eigenvalue weighted by Crippen LogP contribution is -2.57. The van der Waals surface area contributed by atoms with E-state index >= 15 is 0 Å². The lowest BCUT2D eigenvalue weighted by molar-refractivity contribution is -0.148. The zero-order valence-corrected chi connectivity index (χ0v) is 17.3. The van der Waals surface area contributed by atoms with Gasteiger partial charge in [-0.15, -0.1) is 0 Å². The average molecular weight is 382 g/mol. The van der Waals surface area contributed by atoms with Crippen LogP contribution in [0.4, 0.5) is 0 Å². The molecular formula is C25H35NO2. The molecule has 0 radical (unpaired) electrons. The maximum atomic E-state index is 10.3. The molecule has 0 bridgehead atoms. The van der Waals surface area contributed by atoms with E-state index in [1.807, 2.05) is 12.4 Å². The van der Waals surface area contributed by atoms with Crippen LogP contribution in [0.2, 0.25) is 0 Å². The zero-order chi connectivity index (χ0) is 19.5. The summed E-state index contributed by atoms with van der Waals surface area (Å²) in [6.07, 6.45) is 14.0.